The Morgan fingerprint density at radius 1 is 1.13 bits per heavy atom. The van der Waals surface area contributed by atoms with Gasteiger partial charge < -0.3 is 9.08 Å². The molecule has 0 spiro atoms. The predicted octanol–water partition coefficient (Wildman–Crippen LogP) is 3.06. The van der Waals surface area contributed by atoms with Gasteiger partial charge in [-0.05, 0) is 30.5 Å². The summed E-state index contributed by atoms with van der Waals surface area (Å²) in [7, 11) is -3.51. The van der Waals surface area contributed by atoms with Gasteiger partial charge in [-0.15, -0.1) is 0 Å². The molecule has 1 rings (SSSR count). The number of carbonyl (C=O) groups is 1. The topological polar surface area (TPSA) is 63.7 Å². The highest BCUT2D eigenvalue weighted by atomic mass is 32.2. The van der Waals surface area contributed by atoms with E-state index in [0.29, 0.717) is 24.8 Å². The average molecular weight is 341 g/mol. The summed E-state index contributed by atoms with van der Waals surface area (Å²) in [6.07, 6.45) is 0. The Labute approximate surface area is 139 Å². The van der Waals surface area contributed by atoms with Crippen molar-refractivity contribution in [3.8, 4) is 5.75 Å². The molecule has 0 aliphatic carbocycles. The van der Waals surface area contributed by atoms with E-state index in [1.54, 1.807) is 24.3 Å². The molecule has 0 aliphatic heterocycles. The summed E-state index contributed by atoms with van der Waals surface area (Å²) in [5.74, 6) is 0.676. The van der Waals surface area contributed by atoms with E-state index < -0.39 is 10.1 Å². The zero-order chi connectivity index (χ0) is 17.6. The molecule has 0 saturated carbocycles. The van der Waals surface area contributed by atoms with Crippen molar-refractivity contribution in [1.82, 2.24) is 4.90 Å². The summed E-state index contributed by atoms with van der Waals surface area (Å²) in [6.45, 7) is 10.7. The Balaban J connectivity index is 2.83. The molecule has 0 fully saturated rings. The molecular weight excluding hydrogens is 314 g/mol. The van der Waals surface area contributed by atoms with Gasteiger partial charge in [0.05, 0.1) is 5.75 Å². The minimum absolute atomic E-state index is 0.0500. The molecule has 0 heterocycles. The van der Waals surface area contributed by atoms with Crippen molar-refractivity contribution in [2.75, 3.05) is 12.3 Å². The summed E-state index contributed by atoms with van der Waals surface area (Å²) in [5, 5.41) is 0. The van der Waals surface area contributed by atoms with Gasteiger partial charge >= 0.3 is 10.1 Å². The van der Waals surface area contributed by atoms with Crippen molar-refractivity contribution in [2.24, 2.45) is 11.8 Å². The number of hydrogen-bond acceptors (Lipinski definition) is 4. The molecule has 130 valence electrons. The third-order valence-corrected chi connectivity index (χ3v) is 4.42. The molecule has 0 unspecified atom stereocenters. The van der Waals surface area contributed by atoms with E-state index in [2.05, 4.69) is 13.8 Å². The van der Waals surface area contributed by atoms with Gasteiger partial charge in [-0.3, -0.25) is 4.79 Å². The van der Waals surface area contributed by atoms with Crippen LogP contribution in [0.3, 0.4) is 0 Å². The fraction of sp³-hybridized carbons (Fsp3) is 0.588. The van der Waals surface area contributed by atoms with Crippen molar-refractivity contribution in [1.29, 1.82) is 0 Å². The van der Waals surface area contributed by atoms with E-state index in [1.807, 2.05) is 18.7 Å². The van der Waals surface area contributed by atoms with Crippen LogP contribution in [0, 0.1) is 11.8 Å². The second kappa shape index (κ2) is 8.34. The van der Waals surface area contributed by atoms with Gasteiger partial charge in [0.1, 0.15) is 5.75 Å². The van der Waals surface area contributed by atoms with Gasteiger partial charge in [-0.1, -0.05) is 39.8 Å². The van der Waals surface area contributed by atoms with Gasteiger partial charge in [0.15, 0.2) is 0 Å². The van der Waals surface area contributed by atoms with Gasteiger partial charge in [-0.2, -0.15) is 8.42 Å². The normalized spacial score (nSPS) is 11.8. The van der Waals surface area contributed by atoms with Crippen LogP contribution in [0.15, 0.2) is 24.3 Å². The van der Waals surface area contributed by atoms with Crippen LogP contribution in [0.4, 0.5) is 0 Å². The standard InChI is InChI=1S/C17H27NO4S/c1-6-23(20,21)22-16-9-7-15(8-10-16)12-18(11-13(2)3)17(19)14(4)5/h7-10,13-14H,6,11-12H2,1-5H3. The molecule has 0 radical (unpaired) electrons. The second-order valence-electron chi connectivity index (χ2n) is 6.34. The molecule has 0 bridgehead atoms. The second-order valence-corrected chi connectivity index (χ2v) is 8.20. The minimum Gasteiger partial charge on any atom is -0.382 e. The molecule has 1 aromatic carbocycles. The first-order chi connectivity index (χ1) is 10.6. The predicted molar refractivity (Wildman–Crippen MR) is 91.6 cm³/mol. The lowest BCUT2D eigenvalue weighted by atomic mass is 10.1. The molecule has 0 atom stereocenters. The van der Waals surface area contributed by atoms with Crippen LogP contribution in [0.1, 0.15) is 40.2 Å². The fourth-order valence-electron chi connectivity index (χ4n) is 2.11. The largest absolute Gasteiger partial charge is 0.382 e. The molecule has 0 saturated heterocycles. The lowest BCUT2D eigenvalue weighted by Gasteiger charge is -2.26. The molecule has 0 aromatic heterocycles. The monoisotopic (exact) mass is 341 g/mol. The maximum atomic E-state index is 12.3. The molecular formula is C17H27NO4S. The first-order valence-electron chi connectivity index (χ1n) is 7.94. The van der Waals surface area contributed by atoms with Gasteiger partial charge in [0.25, 0.3) is 0 Å². The molecule has 23 heavy (non-hydrogen) atoms. The zero-order valence-electron chi connectivity index (χ0n) is 14.6. The van der Waals surface area contributed by atoms with Gasteiger partial charge in [0, 0.05) is 19.0 Å². The van der Waals surface area contributed by atoms with Crippen LogP contribution in [-0.2, 0) is 21.5 Å². The highest BCUT2D eigenvalue weighted by Crippen LogP contribution is 2.17. The molecule has 6 heteroatoms. The Bertz CT molecular complexity index is 606. The quantitative estimate of drug-likeness (QED) is 0.682. The lowest BCUT2D eigenvalue weighted by Crippen LogP contribution is -2.36. The van der Waals surface area contributed by atoms with Crippen LogP contribution in [0.2, 0.25) is 0 Å². The summed E-state index contributed by atoms with van der Waals surface area (Å²) in [6, 6.07) is 6.83. The maximum Gasteiger partial charge on any atom is 0.308 e. The molecule has 1 aromatic rings. The Morgan fingerprint density at radius 2 is 1.70 bits per heavy atom. The smallest absolute Gasteiger partial charge is 0.308 e. The number of carbonyl (C=O) groups excluding carboxylic acids is 1. The van der Waals surface area contributed by atoms with Crippen LogP contribution in [0.5, 0.6) is 5.75 Å². The van der Waals surface area contributed by atoms with E-state index in [4.69, 9.17) is 4.18 Å². The van der Waals surface area contributed by atoms with E-state index >= 15 is 0 Å². The highest BCUT2D eigenvalue weighted by molar-refractivity contribution is 7.87. The molecule has 5 nitrogen and oxygen atoms in total. The van der Waals surface area contributed by atoms with Gasteiger partial charge in [0.2, 0.25) is 5.91 Å². The molecule has 0 N–H and O–H groups in total. The number of benzene rings is 1. The van der Waals surface area contributed by atoms with Gasteiger partial charge in [-0.25, -0.2) is 0 Å². The third-order valence-electron chi connectivity index (χ3n) is 3.26. The first kappa shape index (κ1) is 19.5. The first-order valence-corrected chi connectivity index (χ1v) is 9.52. The Morgan fingerprint density at radius 3 is 2.13 bits per heavy atom. The molecule has 1 amide bonds. The van der Waals surface area contributed by atoms with Crippen molar-refractivity contribution in [2.45, 2.75) is 41.2 Å². The maximum absolute atomic E-state index is 12.3. The van der Waals surface area contributed by atoms with E-state index in [-0.39, 0.29) is 17.6 Å². The van der Waals surface area contributed by atoms with Crippen LogP contribution >= 0.6 is 0 Å². The summed E-state index contributed by atoms with van der Waals surface area (Å²) in [5.41, 5.74) is 0.945. The number of hydrogen-bond donors (Lipinski definition) is 0. The number of rotatable bonds is 8. The Kier molecular flexibility index (Phi) is 7.06. The average Bonchev–Trinajstić information content (AvgIpc) is 2.47. The van der Waals surface area contributed by atoms with Crippen molar-refractivity contribution < 1.29 is 17.4 Å². The lowest BCUT2D eigenvalue weighted by molar-refractivity contribution is -0.135. The van der Waals surface area contributed by atoms with E-state index in [9.17, 15) is 13.2 Å². The van der Waals surface area contributed by atoms with Crippen molar-refractivity contribution in [3.05, 3.63) is 29.8 Å². The highest BCUT2D eigenvalue weighted by Gasteiger charge is 2.18. The van der Waals surface area contributed by atoms with Crippen molar-refractivity contribution >= 4 is 16.0 Å². The zero-order valence-corrected chi connectivity index (χ0v) is 15.4. The molecule has 0 aliphatic rings. The van der Waals surface area contributed by atoms with Crippen molar-refractivity contribution in [3.63, 3.8) is 0 Å². The third kappa shape index (κ3) is 6.60. The van der Waals surface area contributed by atoms with E-state index in [1.165, 1.54) is 6.92 Å². The van der Waals surface area contributed by atoms with Crippen LogP contribution in [0.25, 0.3) is 0 Å². The summed E-state index contributed by atoms with van der Waals surface area (Å²) in [4.78, 5) is 14.1. The SMILES string of the molecule is CCS(=O)(=O)Oc1ccc(CN(CC(C)C)C(=O)C(C)C)cc1. The van der Waals surface area contributed by atoms with E-state index in [0.717, 1.165) is 5.56 Å². The van der Waals surface area contributed by atoms with Crippen LogP contribution < -0.4 is 4.18 Å². The fourth-order valence-corrected chi connectivity index (χ4v) is 2.64. The minimum atomic E-state index is -3.51. The van der Waals surface area contributed by atoms with Crippen LogP contribution in [-0.4, -0.2) is 31.5 Å². The summed E-state index contributed by atoms with van der Waals surface area (Å²) >= 11 is 0. The summed E-state index contributed by atoms with van der Waals surface area (Å²) < 4.78 is 27.8. The Hall–Kier alpha value is -1.56. The number of nitrogens with zero attached hydrogens (tertiary/aromatic N) is 1. The number of amides is 1.